The van der Waals surface area contributed by atoms with E-state index in [-0.39, 0.29) is 30.7 Å². The molecule has 1 aliphatic rings. The van der Waals surface area contributed by atoms with Crippen molar-refractivity contribution < 1.29 is 14.7 Å². The number of hydrogen-bond acceptors (Lipinski definition) is 4. The van der Waals surface area contributed by atoms with Crippen molar-refractivity contribution in [2.45, 2.75) is 44.8 Å². The van der Waals surface area contributed by atoms with Crippen LogP contribution < -0.4 is 10.6 Å². The third-order valence-electron chi connectivity index (χ3n) is 5.22. The molecule has 2 aromatic rings. The second kappa shape index (κ2) is 8.88. The van der Waals surface area contributed by atoms with Gasteiger partial charge in [-0.05, 0) is 50.1 Å². The summed E-state index contributed by atoms with van der Waals surface area (Å²) in [5.74, 6) is -0.816. The summed E-state index contributed by atoms with van der Waals surface area (Å²) in [6.45, 7) is 4.64. The van der Waals surface area contributed by atoms with Gasteiger partial charge in [0, 0.05) is 24.5 Å². The van der Waals surface area contributed by atoms with E-state index in [0.717, 1.165) is 24.1 Å². The maximum atomic E-state index is 12.3. The number of aliphatic carboxylic acids is 1. The van der Waals surface area contributed by atoms with Gasteiger partial charge in [0.1, 0.15) is 0 Å². The maximum Gasteiger partial charge on any atom is 0.317 e. The van der Waals surface area contributed by atoms with E-state index >= 15 is 0 Å². The van der Waals surface area contributed by atoms with Crippen molar-refractivity contribution in [2.24, 2.45) is 0 Å². The number of carboxylic acid groups (broad SMARTS) is 1. The van der Waals surface area contributed by atoms with Crippen LogP contribution in [0.15, 0.2) is 42.7 Å². The number of aromatic nitrogens is 2. The molecule has 1 heterocycles. The lowest BCUT2D eigenvalue weighted by Crippen LogP contribution is -2.56. The SMILES string of the molecule is CCN(CC(=O)O)C1CC(NC(=O)NC(C)c2ccc(-n3cccn3)cc2)C1. The first-order valence-electron chi connectivity index (χ1n) is 9.59. The zero-order valence-corrected chi connectivity index (χ0v) is 16.2. The zero-order valence-electron chi connectivity index (χ0n) is 16.2. The normalized spacial score (nSPS) is 19.7. The lowest BCUT2D eigenvalue weighted by atomic mass is 9.85. The molecule has 1 aliphatic carbocycles. The van der Waals surface area contributed by atoms with E-state index in [9.17, 15) is 9.59 Å². The molecule has 8 nitrogen and oxygen atoms in total. The third kappa shape index (κ3) is 4.89. The van der Waals surface area contributed by atoms with E-state index in [1.165, 1.54) is 0 Å². The maximum absolute atomic E-state index is 12.3. The molecular weight excluding hydrogens is 358 g/mol. The summed E-state index contributed by atoms with van der Waals surface area (Å²) < 4.78 is 1.78. The number of carbonyl (C=O) groups is 2. The van der Waals surface area contributed by atoms with Gasteiger partial charge in [-0.25, -0.2) is 9.48 Å². The van der Waals surface area contributed by atoms with Crippen molar-refractivity contribution in [3.63, 3.8) is 0 Å². The van der Waals surface area contributed by atoms with E-state index < -0.39 is 5.97 Å². The summed E-state index contributed by atoms with van der Waals surface area (Å²) in [7, 11) is 0. The zero-order chi connectivity index (χ0) is 20.1. The Morgan fingerprint density at radius 2 is 2.04 bits per heavy atom. The molecule has 3 rings (SSSR count). The van der Waals surface area contributed by atoms with Crippen LogP contribution in [0.1, 0.15) is 38.3 Å². The van der Waals surface area contributed by atoms with E-state index in [1.807, 2.05) is 55.3 Å². The molecule has 0 aliphatic heterocycles. The molecule has 0 spiro atoms. The predicted octanol–water partition coefficient (Wildman–Crippen LogP) is 2.17. The molecule has 1 fully saturated rings. The Bertz CT molecular complexity index is 785. The number of rotatable bonds is 8. The Morgan fingerprint density at radius 3 is 2.61 bits per heavy atom. The number of benzene rings is 1. The number of carboxylic acids is 1. The Kier molecular flexibility index (Phi) is 6.30. The first-order chi connectivity index (χ1) is 13.5. The van der Waals surface area contributed by atoms with Crippen molar-refractivity contribution in [3.8, 4) is 5.69 Å². The van der Waals surface area contributed by atoms with Gasteiger partial charge in [0.05, 0.1) is 18.3 Å². The molecule has 1 unspecified atom stereocenters. The molecule has 1 aromatic heterocycles. The molecule has 28 heavy (non-hydrogen) atoms. The average molecular weight is 385 g/mol. The Hall–Kier alpha value is -2.87. The van der Waals surface area contributed by atoms with Crippen molar-refractivity contribution >= 4 is 12.0 Å². The second-order valence-corrected chi connectivity index (χ2v) is 7.16. The minimum Gasteiger partial charge on any atom is -0.480 e. The fraction of sp³-hybridized carbons (Fsp3) is 0.450. The lowest BCUT2D eigenvalue weighted by Gasteiger charge is -2.42. The van der Waals surface area contributed by atoms with Crippen LogP contribution in [0.5, 0.6) is 0 Å². The van der Waals surface area contributed by atoms with Crippen LogP contribution in [0.2, 0.25) is 0 Å². The van der Waals surface area contributed by atoms with E-state index in [0.29, 0.717) is 6.54 Å². The molecule has 150 valence electrons. The topological polar surface area (TPSA) is 99.5 Å². The molecule has 3 N–H and O–H groups in total. The van der Waals surface area contributed by atoms with Crippen molar-refractivity contribution in [2.75, 3.05) is 13.1 Å². The summed E-state index contributed by atoms with van der Waals surface area (Å²) >= 11 is 0. The summed E-state index contributed by atoms with van der Waals surface area (Å²) in [6.07, 6.45) is 5.17. The van der Waals surface area contributed by atoms with Gasteiger partial charge in [-0.15, -0.1) is 0 Å². The Balaban J connectivity index is 1.44. The van der Waals surface area contributed by atoms with Gasteiger partial charge in [-0.1, -0.05) is 19.1 Å². The monoisotopic (exact) mass is 385 g/mol. The molecule has 0 saturated heterocycles. The number of likely N-dealkylation sites (N-methyl/N-ethyl adjacent to an activating group) is 1. The highest BCUT2D eigenvalue weighted by Crippen LogP contribution is 2.25. The summed E-state index contributed by atoms with van der Waals surface area (Å²) in [4.78, 5) is 25.1. The van der Waals surface area contributed by atoms with Gasteiger partial charge < -0.3 is 15.7 Å². The van der Waals surface area contributed by atoms with Crippen LogP contribution in [0.25, 0.3) is 5.69 Å². The van der Waals surface area contributed by atoms with Gasteiger partial charge in [0.2, 0.25) is 0 Å². The summed E-state index contributed by atoms with van der Waals surface area (Å²) in [5.41, 5.74) is 1.98. The summed E-state index contributed by atoms with van der Waals surface area (Å²) in [5, 5.41) is 19.1. The first-order valence-corrected chi connectivity index (χ1v) is 9.59. The number of carbonyl (C=O) groups excluding carboxylic acids is 1. The van der Waals surface area contributed by atoms with Crippen molar-refractivity contribution in [1.82, 2.24) is 25.3 Å². The van der Waals surface area contributed by atoms with Gasteiger partial charge in [0.25, 0.3) is 0 Å². The number of urea groups is 1. The number of nitrogens with one attached hydrogen (secondary N) is 2. The quantitative estimate of drug-likeness (QED) is 0.647. The standard InChI is InChI=1S/C20H27N5O3/c1-3-24(13-19(26)27)18-11-16(12-18)23-20(28)22-14(2)15-5-7-17(8-6-15)25-10-4-9-21-25/h4-10,14,16,18H,3,11-13H2,1-2H3,(H,26,27)(H2,22,23,28). The Labute approximate surface area is 164 Å². The molecule has 8 heteroatoms. The smallest absolute Gasteiger partial charge is 0.317 e. The van der Waals surface area contributed by atoms with E-state index in [4.69, 9.17) is 5.11 Å². The highest BCUT2D eigenvalue weighted by Gasteiger charge is 2.34. The van der Waals surface area contributed by atoms with Crippen molar-refractivity contribution in [3.05, 3.63) is 48.3 Å². The second-order valence-electron chi connectivity index (χ2n) is 7.16. The van der Waals surface area contributed by atoms with E-state index in [2.05, 4.69) is 15.7 Å². The molecule has 2 amide bonds. The van der Waals surface area contributed by atoms with Crippen LogP contribution in [-0.4, -0.2) is 57.0 Å². The van der Waals surface area contributed by atoms with Crippen molar-refractivity contribution in [1.29, 1.82) is 0 Å². The van der Waals surface area contributed by atoms with Gasteiger partial charge in [-0.2, -0.15) is 5.10 Å². The number of amides is 2. The predicted molar refractivity (Wildman–Crippen MR) is 105 cm³/mol. The van der Waals surface area contributed by atoms with Gasteiger partial charge >= 0.3 is 12.0 Å². The minimum absolute atomic E-state index is 0.0473. The number of nitrogens with zero attached hydrogens (tertiary/aromatic N) is 3. The third-order valence-corrected chi connectivity index (χ3v) is 5.22. The molecular formula is C20H27N5O3. The lowest BCUT2D eigenvalue weighted by molar-refractivity contribution is -0.139. The molecule has 0 bridgehead atoms. The first kappa shape index (κ1) is 19.9. The van der Waals surface area contributed by atoms with Crippen LogP contribution in [0.4, 0.5) is 4.79 Å². The van der Waals surface area contributed by atoms with Crippen LogP contribution in [-0.2, 0) is 4.79 Å². The van der Waals surface area contributed by atoms with Crippen LogP contribution in [0.3, 0.4) is 0 Å². The highest BCUT2D eigenvalue weighted by molar-refractivity contribution is 5.75. The van der Waals surface area contributed by atoms with Gasteiger partial charge in [-0.3, -0.25) is 9.69 Å². The van der Waals surface area contributed by atoms with E-state index in [1.54, 1.807) is 10.9 Å². The Morgan fingerprint density at radius 1 is 1.32 bits per heavy atom. The largest absolute Gasteiger partial charge is 0.480 e. The highest BCUT2D eigenvalue weighted by atomic mass is 16.4. The fourth-order valence-corrected chi connectivity index (χ4v) is 3.52. The molecule has 1 aromatic carbocycles. The summed E-state index contributed by atoms with van der Waals surface area (Å²) in [6, 6.07) is 9.75. The average Bonchev–Trinajstić information content (AvgIpc) is 3.17. The molecule has 1 atom stereocenters. The number of hydrogen-bond donors (Lipinski definition) is 3. The van der Waals surface area contributed by atoms with Crippen LogP contribution in [0, 0.1) is 0 Å². The minimum atomic E-state index is -0.816. The van der Waals surface area contributed by atoms with Gasteiger partial charge in [0.15, 0.2) is 0 Å². The fourth-order valence-electron chi connectivity index (χ4n) is 3.52. The van der Waals surface area contributed by atoms with Crippen LogP contribution >= 0.6 is 0 Å². The molecule has 0 radical (unpaired) electrons. The molecule has 1 saturated carbocycles.